The second kappa shape index (κ2) is 6.38. The molecule has 19 heavy (non-hydrogen) atoms. The van der Waals surface area contributed by atoms with Crippen molar-refractivity contribution in [2.75, 3.05) is 18.5 Å². The zero-order valence-electron chi connectivity index (χ0n) is 12.8. The van der Waals surface area contributed by atoms with Gasteiger partial charge in [-0.1, -0.05) is 6.92 Å². The van der Waals surface area contributed by atoms with Gasteiger partial charge in [0.05, 0.1) is 0 Å². The number of aryl methyl sites for hydroxylation is 2. The number of anilines is 1. The lowest BCUT2D eigenvalue weighted by Gasteiger charge is -2.37. The lowest BCUT2D eigenvalue weighted by atomic mass is 9.98. The molecule has 0 bridgehead atoms. The summed E-state index contributed by atoms with van der Waals surface area (Å²) in [5.74, 6) is 1.22. The van der Waals surface area contributed by atoms with Crippen molar-refractivity contribution in [1.82, 2.24) is 10.3 Å². The van der Waals surface area contributed by atoms with E-state index in [1.807, 2.05) is 7.05 Å². The molecular weight excluding hydrogens is 234 g/mol. The number of piperidine rings is 1. The number of nitrogens with zero attached hydrogens (tertiary/aromatic N) is 2. The molecule has 1 fully saturated rings. The molecule has 2 heterocycles. The summed E-state index contributed by atoms with van der Waals surface area (Å²) in [6.07, 6.45) is 5.18. The third kappa shape index (κ3) is 3.08. The number of hydrogen-bond acceptors (Lipinski definition) is 3. The molecule has 0 aliphatic carbocycles. The number of aromatic nitrogens is 1. The Labute approximate surface area is 117 Å². The maximum Gasteiger partial charge on any atom is 0.133 e. The minimum atomic E-state index is 0.665. The van der Waals surface area contributed by atoms with Crippen LogP contribution in [0.3, 0.4) is 0 Å². The second-order valence-corrected chi connectivity index (χ2v) is 5.66. The molecule has 106 valence electrons. The molecule has 3 heteroatoms. The largest absolute Gasteiger partial charge is 0.353 e. The minimum Gasteiger partial charge on any atom is -0.353 e. The smallest absolute Gasteiger partial charge is 0.133 e. The molecule has 1 saturated heterocycles. The van der Waals surface area contributed by atoms with E-state index in [-0.39, 0.29) is 0 Å². The van der Waals surface area contributed by atoms with E-state index in [2.05, 4.69) is 37.1 Å². The first-order valence-electron chi connectivity index (χ1n) is 7.55. The maximum atomic E-state index is 4.86. The van der Waals surface area contributed by atoms with Crippen LogP contribution in [0.2, 0.25) is 0 Å². The van der Waals surface area contributed by atoms with E-state index in [1.165, 1.54) is 42.6 Å². The van der Waals surface area contributed by atoms with Gasteiger partial charge in [0.1, 0.15) is 5.82 Å². The third-order valence-electron chi connectivity index (χ3n) is 4.18. The lowest BCUT2D eigenvalue weighted by Crippen LogP contribution is -2.40. The topological polar surface area (TPSA) is 28.2 Å². The fraction of sp³-hybridized carbons (Fsp3) is 0.688. The van der Waals surface area contributed by atoms with Crippen LogP contribution >= 0.6 is 0 Å². The first-order chi connectivity index (χ1) is 9.17. The molecule has 1 atom stereocenters. The van der Waals surface area contributed by atoms with Crippen LogP contribution in [-0.4, -0.2) is 24.6 Å². The Morgan fingerprint density at radius 1 is 1.37 bits per heavy atom. The molecule has 1 N–H and O–H groups in total. The van der Waals surface area contributed by atoms with Crippen molar-refractivity contribution in [3.8, 4) is 0 Å². The van der Waals surface area contributed by atoms with E-state index in [1.54, 1.807) is 0 Å². The van der Waals surface area contributed by atoms with E-state index in [9.17, 15) is 0 Å². The Morgan fingerprint density at radius 3 is 2.84 bits per heavy atom. The zero-order chi connectivity index (χ0) is 13.8. The summed E-state index contributed by atoms with van der Waals surface area (Å²) in [6.45, 7) is 8.66. The van der Waals surface area contributed by atoms with Gasteiger partial charge in [-0.05, 0) is 58.2 Å². The number of nitrogens with one attached hydrogen (secondary N) is 1. The van der Waals surface area contributed by atoms with Gasteiger partial charge in [0.25, 0.3) is 0 Å². The van der Waals surface area contributed by atoms with E-state index in [0.29, 0.717) is 6.04 Å². The quantitative estimate of drug-likeness (QED) is 0.902. The molecule has 1 aliphatic rings. The van der Waals surface area contributed by atoms with Crippen molar-refractivity contribution in [3.63, 3.8) is 0 Å². The first kappa shape index (κ1) is 14.3. The predicted octanol–water partition coefficient (Wildman–Crippen LogP) is 3.19. The van der Waals surface area contributed by atoms with Crippen LogP contribution in [-0.2, 0) is 6.54 Å². The highest BCUT2D eigenvalue weighted by Crippen LogP contribution is 2.29. The molecule has 0 amide bonds. The highest BCUT2D eigenvalue weighted by atomic mass is 15.2. The van der Waals surface area contributed by atoms with Crippen molar-refractivity contribution in [2.45, 2.75) is 59.0 Å². The van der Waals surface area contributed by atoms with Crippen molar-refractivity contribution in [2.24, 2.45) is 0 Å². The van der Waals surface area contributed by atoms with Gasteiger partial charge in [-0.15, -0.1) is 0 Å². The van der Waals surface area contributed by atoms with Gasteiger partial charge in [-0.3, -0.25) is 0 Å². The van der Waals surface area contributed by atoms with E-state index in [0.717, 1.165) is 18.8 Å². The molecular formula is C16H27N3. The summed E-state index contributed by atoms with van der Waals surface area (Å²) in [5, 5.41) is 3.29. The molecule has 1 aliphatic heterocycles. The number of hydrogen-bond donors (Lipinski definition) is 1. The third-order valence-corrected chi connectivity index (χ3v) is 4.18. The Hall–Kier alpha value is -1.09. The van der Waals surface area contributed by atoms with Crippen LogP contribution in [0.15, 0.2) is 6.07 Å². The summed E-state index contributed by atoms with van der Waals surface area (Å²) in [7, 11) is 2.01. The van der Waals surface area contributed by atoms with Crippen molar-refractivity contribution in [3.05, 3.63) is 22.9 Å². The zero-order valence-corrected chi connectivity index (χ0v) is 12.8. The van der Waals surface area contributed by atoms with Gasteiger partial charge >= 0.3 is 0 Å². The first-order valence-corrected chi connectivity index (χ1v) is 7.55. The van der Waals surface area contributed by atoms with Gasteiger partial charge in [0.15, 0.2) is 0 Å². The Bertz CT molecular complexity index is 428. The van der Waals surface area contributed by atoms with E-state index >= 15 is 0 Å². The maximum absolute atomic E-state index is 4.86. The highest BCUT2D eigenvalue weighted by molar-refractivity contribution is 5.52. The molecule has 1 aromatic heterocycles. The fourth-order valence-corrected chi connectivity index (χ4v) is 3.18. The van der Waals surface area contributed by atoms with Gasteiger partial charge in [-0.25, -0.2) is 4.98 Å². The Kier molecular flexibility index (Phi) is 4.81. The average molecular weight is 261 g/mol. The normalized spacial score (nSPS) is 19.8. The number of pyridine rings is 1. The van der Waals surface area contributed by atoms with Crippen LogP contribution in [0.1, 0.15) is 49.4 Å². The van der Waals surface area contributed by atoms with E-state index in [4.69, 9.17) is 4.98 Å². The van der Waals surface area contributed by atoms with Crippen LogP contribution < -0.4 is 10.2 Å². The highest BCUT2D eigenvalue weighted by Gasteiger charge is 2.24. The van der Waals surface area contributed by atoms with Gasteiger partial charge in [-0.2, -0.15) is 0 Å². The Morgan fingerprint density at radius 2 is 2.16 bits per heavy atom. The lowest BCUT2D eigenvalue weighted by molar-refractivity contribution is 0.445. The number of rotatable bonds is 4. The standard InChI is InChI=1S/C16H27N3/c1-5-14-8-6-7-9-19(14)16-15(11-17-4)12(2)10-13(3)18-16/h10,14,17H,5-9,11H2,1-4H3. The van der Waals surface area contributed by atoms with Crippen LogP contribution in [0, 0.1) is 13.8 Å². The molecule has 0 spiro atoms. The molecule has 3 nitrogen and oxygen atoms in total. The van der Waals surface area contributed by atoms with E-state index < -0.39 is 0 Å². The molecule has 0 saturated carbocycles. The van der Waals surface area contributed by atoms with Gasteiger partial charge in [0, 0.05) is 30.4 Å². The summed E-state index contributed by atoms with van der Waals surface area (Å²) < 4.78 is 0. The monoisotopic (exact) mass is 261 g/mol. The molecule has 1 unspecified atom stereocenters. The Balaban J connectivity index is 2.40. The second-order valence-electron chi connectivity index (χ2n) is 5.66. The van der Waals surface area contributed by atoms with Gasteiger partial charge in [0.2, 0.25) is 0 Å². The molecule has 2 rings (SSSR count). The minimum absolute atomic E-state index is 0.665. The van der Waals surface area contributed by atoms with Crippen molar-refractivity contribution in [1.29, 1.82) is 0 Å². The molecule has 0 aromatic carbocycles. The van der Waals surface area contributed by atoms with Crippen molar-refractivity contribution < 1.29 is 0 Å². The summed E-state index contributed by atoms with van der Waals surface area (Å²) in [4.78, 5) is 7.41. The fourth-order valence-electron chi connectivity index (χ4n) is 3.18. The molecule has 0 radical (unpaired) electrons. The SMILES string of the molecule is CCC1CCCCN1c1nc(C)cc(C)c1CNC. The van der Waals surface area contributed by atoms with Crippen LogP contribution in [0.5, 0.6) is 0 Å². The van der Waals surface area contributed by atoms with Gasteiger partial charge < -0.3 is 10.2 Å². The molecule has 1 aromatic rings. The summed E-state index contributed by atoms with van der Waals surface area (Å²) in [6, 6.07) is 2.86. The average Bonchev–Trinajstić information content (AvgIpc) is 2.41. The summed E-state index contributed by atoms with van der Waals surface area (Å²) >= 11 is 0. The summed E-state index contributed by atoms with van der Waals surface area (Å²) in [5.41, 5.74) is 3.86. The van der Waals surface area contributed by atoms with Crippen LogP contribution in [0.25, 0.3) is 0 Å². The van der Waals surface area contributed by atoms with Crippen molar-refractivity contribution >= 4 is 5.82 Å². The van der Waals surface area contributed by atoms with Crippen LogP contribution in [0.4, 0.5) is 5.82 Å². The predicted molar refractivity (Wildman–Crippen MR) is 81.8 cm³/mol.